The van der Waals surface area contributed by atoms with Crippen LogP contribution >= 0.6 is 11.3 Å². The number of aryl methyl sites for hydroxylation is 2. The molecule has 142 valence electrons. The monoisotopic (exact) mass is 387 g/mol. The SMILES string of the molecule is COC(=O)c1nc(NC(=O)[C@@H]2CC(=O)N(C)C2)sc1CCc1ccccc1. The van der Waals surface area contributed by atoms with Gasteiger partial charge in [-0.1, -0.05) is 30.3 Å². The van der Waals surface area contributed by atoms with Gasteiger partial charge in [0.05, 0.1) is 13.0 Å². The van der Waals surface area contributed by atoms with Crippen LogP contribution in [0.3, 0.4) is 0 Å². The molecule has 1 atom stereocenters. The summed E-state index contributed by atoms with van der Waals surface area (Å²) in [6.45, 7) is 0.390. The number of benzene rings is 1. The van der Waals surface area contributed by atoms with Crippen molar-refractivity contribution in [1.82, 2.24) is 9.88 Å². The van der Waals surface area contributed by atoms with E-state index in [1.807, 2.05) is 30.3 Å². The first-order valence-corrected chi connectivity index (χ1v) is 9.46. The number of thiazole rings is 1. The topological polar surface area (TPSA) is 88.6 Å². The Morgan fingerprint density at radius 1 is 1.30 bits per heavy atom. The van der Waals surface area contributed by atoms with Gasteiger partial charge in [0.1, 0.15) is 0 Å². The van der Waals surface area contributed by atoms with E-state index in [1.165, 1.54) is 23.3 Å². The third-order valence-electron chi connectivity index (χ3n) is 4.50. The minimum absolute atomic E-state index is 0.0481. The Hall–Kier alpha value is -2.74. The van der Waals surface area contributed by atoms with Crippen LogP contribution in [-0.4, -0.2) is 48.4 Å². The Kier molecular flexibility index (Phi) is 5.85. The van der Waals surface area contributed by atoms with Gasteiger partial charge in [-0.3, -0.25) is 9.59 Å². The van der Waals surface area contributed by atoms with Crippen molar-refractivity contribution in [2.75, 3.05) is 26.0 Å². The Morgan fingerprint density at radius 2 is 2.04 bits per heavy atom. The van der Waals surface area contributed by atoms with Crippen molar-refractivity contribution in [3.8, 4) is 0 Å². The molecule has 7 nitrogen and oxygen atoms in total. The molecular weight excluding hydrogens is 366 g/mol. The van der Waals surface area contributed by atoms with Crippen LogP contribution in [0.25, 0.3) is 0 Å². The zero-order valence-electron chi connectivity index (χ0n) is 15.2. The van der Waals surface area contributed by atoms with E-state index >= 15 is 0 Å². The molecule has 2 aromatic rings. The van der Waals surface area contributed by atoms with Crippen LogP contribution in [0.1, 0.15) is 27.3 Å². The highest BCUT2D eigenvalue weighted by atomic mass is 32.1. The second kappa shape index (κ2) is 8.30. The zero-order chi connectivity index (χ0) is 19.4. The third kappa shape index (κ3) is 4.51. The standard InChI is InChI=1S/C19H21N3O4S/c1-22-11-13(10-15(22)23)17(24)21-19-20-16(18(25)26-2)14(27-19)9-8-12-6-4-3-5-7-12/h3-7,13H,8-11H2,1-2H3,(H,20,21,24)/t13-/m1/s1. The molecule has 0 unspecified atom stereocenters. The molecular formula is C19H21N3O4S. The molecule has 0 bridgehead atoms. The summed E-state index contributed by atoms with van der Waals surface area (Å²) < 4.78 is 4.82. The van der Waals surface area contributed by atoms with Gasteiger partial charge in [-0.15, -0.1) is 11.3 Å². The van der Waals surface area contributed by atoms with Crippen molar-refractivity contribution in [3.05, 3.63) is 46.5 Å². The maximum Gasteiger partial charge on any atom is 0.357 e. The van der Waals surface area contributed by atoms with Gasteiger partial charge in [-0.2, -0.15) is 0 Å². The summed E-state index contributed by atoms with van der Waals surface area (Å²) in [6.07, 6.45) is 1.56. The van der Waals surface area contributed by atoms with Crippen molar-refractivity contribution < 1.29 is 19.1 Å². The largest absolute Gasteiger partial charge is 0.464 e. The fourth-order valence-corrected chi connectivity index (χ4v) is 3.93. The summed E-state index contributed by atoms with van der Waals surface area (Å²) in [4.78, 5) is 42.6. The first kappa shape index (κ1) is 19.0. The van der Waals surface area contributed by atoms with Gasteiger partial charge >= 0.3 is 5.97 Å². The summed E-state index contributed by atoms with van der Waals surface area (Å²) in [5, 5.41) is 3.10. The third-order valence-corrected chi connectivity index (χ3v) is 5.53. The number of carbonyl (C=O) groups is 3. The van der Waals surface area contributed by atoms with Gasteiger partial charge in [0.2, 0.25) is 11.8 Å². The van der Waals surface area contributed by atoms with Gasteiger partial charge < -0.3 is 15.0 Å². The first-order chi connectivity index (χ1) is 13.0. The number of hydrogen-bond acceptors (Lipinski definition) is 6. The van der Waals surface area contributed by atoms with Crippen LogP contribution in [0.2, 0.25) is 0 Å². The molecule has 1 N–H and O–H groups in total. The molecule has 2 amide bonds. The van der Waals surface area contributed by atoms with E-state index in [4.69, 9.17) is 4.74 Å². The normalized spacial score (nSPS) is 16.4. The molecule has 0 radical (unpaired) electrons. The lowest BCUT2D eigenvalue weighted by atomic mass is 10.1. The predicted octanol–water partition coefficient (Wildman–Crippen LogP) is 2.13. The molecule has 1 saturated heterocycles. The Labute approximate surface area is 161 Å². The number of methoxy groups -OCH3 is 1. The number of nitrogens with one attached hydrogen (secondary N) is 1. The average molecular weight is 387 g/mol. The lowest BCUT2D eigenvalue weighted by Crippen LogP contribution is -2.25. The zero-order valence-corrected chi connectivity index (χ0v) is 16.0. The first-order valence-electron chi connectivity index (χ1n) is 8.64. The van der Waals surface area contributed by atoms with Crippen LogP contribution in [0, 0.1) is 5.92 Å². The second-order valence-corrected chi connectivity index (χ2v) is 7.52. The molecule has 0 aliphatic carbocycles. The highest BCUT2D eigenvalue weighted by Crippen LogP contribution is 2.27. The predicted molar refractivity (Wildman–Crippen MR) is 102 cm³/mol. The Balaban J connectivity index is 1.72. The number of anilines is 1. The molecule has 1 aromatic heterocycles. The molecule has 1 aliphatic rings. The molecule has 8 heteroatoms. The van der Waals surface area contributed by atoms with E-state index in [0.717, 1.165) is 16.9 Å². The van der Waals surface area contributed by atoms with Gasteiger partial charge in [0.25, 0.3) is 0 Å². The van der Waals surface area contributed by atoms with E-state index in [1.54, 1.807) is 7.05 Å². The maximum atomic E-state index is 12.4. The molecule has 1 aromatic carbocycles. The average Bonchev–Trinajstić information content (AvgIpc) is 3.23. The lowest BCUT2D eigenvalue weighted by molar-refractivity contribution is -0.127. The van der Waals surface area contributed by atoms with Crippen LogP contribution in [-0.2, 0) is 27.2 Å². The summed E-state index contributed by atoms with van der Waals surface area (Å²) in [5.41, 5.74) is 1.38. The van der Waals surface area contributed by atoms with E-state index in [0.29, 0.717) is 18.1 Å². The van der Waals surface area contributed by atoms with Gasteiger partial charge in [-0.25, -0.2) is 9.78 Å². The van der Waals surface area contributed by atoms with E-state index in [9.17, 15) is 14.4 Å². The fourth-order valence-electron chi connectivity index (χ4n) is 2.98. The Morgan fingerprint density at radius 3 is 2.67 bits per heavy atom. The highest BCUT2D eigenvalue weighted by molar-refractivity contribution is 7.16. The molecule has 0 spiro atoms. The smallest absolute Gasteiger partial charge is 0.357 e. The summed E-state index contributed by atoms with van der Waals surface area (Å²) >= 11 is 1.27. The number of nitrogens with zero attached hydrogens (tertiary/aromatic N) is 2. The number of carbonyl (C=O) groups excluding carboxylic acids is 3. The summed E-state index contributed by atoms with van der Waals surface area (Å²) in [7, 11) is 2.98. The Bertz CT molecular complexity index is 850. The lowest BCUT2D eigenvalue weighted by Gasteiger charge is -2.09. The van der Waals surface area contributed by atoms with Crippen LogP contribution in [0.5, 0.6) is 0 Å². The molecule has 27 heavy (non-hydrogen) atoms. The molecule has 1 aliphatic heterocycles. The van der Waals surface area contributed by atoms with Gasteiger partial charge in [0.15, 0.2) is 10.8 Å². The van der Waals surface area contributed by atoms with Crippen LogP contribution < -0.4 is 5.32 Å². The van der Waals surface area contributed by atoms with Crippen LogP contribution in [0.4, 0.5) is 5.13 Å². The molecule has 0 saturated carbocycles. The van der Waals surface area contributed by atoms with Crippen molar-refractivity contribution >= 4 is 34.3 Å². The van der Waals surface area contributed by atoms with Crippen molar-refractivity contribution in [2.24, 2.45) is 5.92 Å². The number of ether oxygens (including phenoxy) is 1. The second-order valence-electron chi connectivity index (χ2n) is 6.43. The molecule has 2 heterocycles. The number of hydrogen-bond donors (Lipinski definition) is 1. The van der Waals surface area contributed by atoms with Gasteiger partial charge in [-0.05, 0) is 18.4 Å². The number of esters is 1. The maximum absolute atomic E-state index is 12.4. The fraction of sp³-hybridized carbons (Fsp3) is 0.368. The minimum atomic E-state index is -0.523. The van der Waals surface area contributed by atoms with E-state index < -0.39 is 11.9 Å². The van der Waals surface area contributed by atoms with Crippen molar-refractivity contribution in [1.29, 1.82) is 0 Å². The number of aromatic nitrogens is 1. The quantitative estimate of drug-likeness (QED) is 0.767. The summed E-state index contributed by atoms with van der Waals surface area (Å²) in [6, 6.07) is 9.93. The van der Waals surface area contributed by atoms with Crippen molar-refractivity contribution in [2.45, 2.75) is 19.3 Å². The molecule has 3 rings (SSSR count). The molecule has 1 fully saturated rings. The highest BCUT2D eigenvalue weighted by Gasteiger charge is 2.32. The van der Waals surface area contributed by atoms with Crippen molar-refractivity contribution in [3.63, 3.8) is 0 Å². The summed E-state index contributed by atoms with van der Waals surface area (Å²) in [5.74, 6) is -1.23. The van der Waals surface area contributed by atoms with E-state index in [2.05, 4.69) is 10.3 Å². The van der Waals surface area contributed by atoms with Crippen LogP contribution in [0.15, 0.2) is 30.3 Å². The number of likely N-dealkylation sites (tertiary alicyclic amines) is 1. The number of amides is 2. The number of rotatable bonds is 6. The van der Waals surface area contributed by atoms with Gasteiger partial charge in [0, 0.05) is 24.9 Å². The van der Waals surface area contributed by atoms with E-state index in [-0.39, 0.29) is 23.9 Å². The minimum Gasteiger partial charge on any atom is -0.464 e.